The molecule has 0 aliphatic carbocycles. The first-order chi connectivity index (χ1) is 16.8. The Hall–Kier alpha value is -3.60. The summed E-state index contributed by atoms with van der Waals surface area (Å²) in [4.78, 5) is 39.1. The van der Waals surface area contributed by atoms with Crippen molar-refractivity contribution in [2.45, 2.75) is 25.4 Å². The third-order valence-corrected chi connectivity index (χ3v) is 5.96. The van der Waals surface area contributed by atoms with E-state index in [1.54, 1.807) is 36.4 Å². The van der Waals surface area contributed by atoms with Crippen LogP contribution in [0.2, 0.25) is 0 Å². The number of ketones is 1. The number of amides is 2. The standard InChI is InChI=1S/C24H25F3N4O4/c25-19-14-17(30-15-18(35-24(30)34)7-9-21(32)22(26)27)6-8-20(19)29-11-10-28-31(13-12-29)23(33)16-4-2-1-3-5-16/h1-6,8,14,18,22,28H,7,9-13,15H2/t18-/m0/s1. The van der Waals surface area contributed by atoms with Crippen molar-refractivity contribution in [2.24, 2.45) is 0 Å². The van der Waals surface area contributed by atoms with Gasteiger partial charge in [0.05, 0.1) is 24.5 Å². The Morgan fingerprint density at radius 1 is 1.09 bits per heavy atom. The van der Waals surface area contributed by atoms with E-state index in [4.69, 9.17) is 4.74 Å². The third-order valence-electron chi connectivity index (χ3n) is 5.96. The zero-order valence-corrected chi connectivity index (χ0v) is 18.8. The first-order valence-corrected chi connectivity index (χ1v) is 11.3. The molecule has 1 atom stereocenters. The van der Waals surface area contributed by atoms with Crippen molar-refractivity contribution < 1.29 is 32.3 Å². The number of nitrogens with zero attached hydrogens (tertiary/aromatic N) is 3. The van der Waals surface area contributed by atoms with Crippen molar-refractivity contribution >= 4 is 29.2 Å². The van der Waals surface area contributed by atoms with Gasteiger partial charge in [0.1, 0.15) is 11.9 Å². The largest absolute Gasteiger partial charge is 0.444 e. The smallest absolute Gasteiger partial charge is 0.414 e. The Bertz CT molecular complexity index is 1090. The van der Waals surface area contributed by atoms with E-state index < -0.39 is 36.6 Å². The fourth-order valence-electron chi connectivity index (χ4n) is 4.10. The molecule has 0 unspecified atom stereocenters. The van der Waals surface area contributed by atoms with Crippen LogP contribution in [0.15, 0.2) is 48.5 Å². The molecule has 0 bridgehead atoms. The van der Waals surface area contributed by atoms with E-state index in [9.17, 15) is 23.2 Å². The van der Waals surface area contributed by atoms with Gasteiger partial charge in [-0.3, -0.25) is 19.5 Å². The number of ether oxygens (including phenoxy) is 1. The molecule has 8 nitrogen and oxygen atoms in total. The van der Waals surface area contributed by atoms with Gasteiger partial charge in [-0.2, -0.15) is 0 Å². The summed E-state index contributed by atoms with van der Waals surface area (Å²) in [5.41, 5.74) is 4.23. The van der Waals surface area contributed by atoms with E-state index in [-0.39, 0.29) is 24.6 Å². The first kappa shape index (κ1) is 24.5. The van der Waals surface area contributed by atoms with Crippen molar-refractivity contribution in [1.29, 1.82) is 0 Å². The molecule has 2 aliphatic heterocycles. The van der Waals surface area contributed by atoms with E-state index in [1.165, 1.54) is 16.0 Å². The van der Waals surface area contributed by atoms with Crippen LogP contribution in [0.1, 0.15) is 23.2 Å². The number of carbonyl (C=O) groups excluding carboxylic acids is 3. The number of hydrogen-bond donors (Lipinski definition) is 1. The highest BCUT2D eigenvalue weighted by molar-refractivity contribution is 5.94. The number of benzene rings is 2. The fraction of sp³-hybridized carbons (Fsp3) is 0.375. The third kappa shape index (κ3) is 5.73. The number of hydrogen-bond acceptors (Lipinski definition) is 6. The maximum absolute atomic E-state index is 15.1. The molecule has 2 aromatic carbocycles. The monoisotopic (exact) mass is 490 g/mol. The molecule has 11 heteroatoms. The van der Waals surface area contributed by atoms with E-state index in [0.717, 1.165) is 0 Å². The Balaban J connectivity index is 1.38. The lowest BCUT2D eigenvalue weighted by atomic mass is 10.1. The van der Waals surface area contributed by atoms with Crippen LogP contribution in [-0.4, -0.2) is 68.0 Å². The van der Waals surface area contributed by atoms with Gasteiger partial charge in [0.25, 0.3) is 12.3 Å². The molecule has 4 rings (SSSR count). The van der Waals surface area contributed by atoms with E-state index in [0.29, 0.717) is 37.4 Å². The molecule has 0 saturated carbocycles. The van der Waals surface area contributed by atoms with Crippen LogP contribution in [0, 0.1) is 5.82 Å². The van der Waals surface area contributed by atoms with E-state index in [2.05, 4.69) is 5.43 Å². The summed E-state index contributed by atoms with van der Waals surface area (Å²) < 4.78 is 45.0. The van der Waals surface area contributed by atoms with Gasteiger partial charge >= 0.3 is 6.09 Å². The number of alkyl halides is 2. The zero-order chi connectivity index (χ0) is 24.9. The second-order valence-corrected chi connectivity index (χ2v) is 8.28. The van der Waals surface area contributed by atoms with Crippen molar-refractivity contribution in [3.05, 3.63) is 59.9 Å². The lowest BCUT2D eigenvalue weighted by Gasteiger charge is -2.24. The van der Waals surface area contributed by atoms with Crippen LogP contribution < -0.4 is 15.2 Å². The molecule has 35 heavy (non-hydrogen) atoms. The summed E-state index contributed by atoms with van der Waals surface area (Å²) in [6, 6.07) is 13.2. The molecule has 0 aromatic heterocycles. The Morgan fingerprint density at radius 3 is 2.57 bits per heavy atom. The number of anilines is 2. The SMILES string of the molecule is O=C(CC[C@H]1CN(c2ccc(N3CCNN(C(=O)c4ccccc4)CC3)c(F)c2)C(=O)O1)C(F)F. The number of nitrogens with one attached hydrogen (secondary N) is 1. The quantitative estimate of drug-likeness (QED) is 0.642. The minimum Gasteiger partial charge on any atom is -0.444 e. The van der Waals surface area contributed by atoms with Crippen LogP contribution in [0.3, 0.4) is 0 Å². The topological polar surface area (TPSA) is 82.2 Å². The van der Waals surface area contributed by atoms with E-state index in [1.807, 2.05) is 11.0 Å². The molecular formula is C24H25F3N4O4. The van der Waals surface area contributed by atoms with Crippen LogP contribution in [0.4, 0.5) is 29.3 Å². The van der Waals surface area contributed by atoms with Gasteiger partial charge < -0.3 is 9.64 Å². The second-order valence-electron chi connectivity index (χ2n) is 8.28. The van der Waals surface area contributed by atoms with Crippen molar-refractivity contribution in [1.82, 2.24) is 10.4 Å². The number of hydrazine groups is 1. The first-order valence-electron chi connectivity index (χ1n) is 11.3. The summed E-state index contributed by atoms with van der Waals surface area (Å²) in [6.45, 7) is 1.66. The number of carbonyl (C=O) groups is 3. The van der Waals surface area contributed by atoms with Crippen LogP contribution >= 0.6 is 0 Å². The Labute approximate surface area is 200 Å². The number of halogens is 3. The highest BCUT2D eigenvalue weighted by Gasteiger charge is 2.33. The van der Waals surface area contributed by atoms with Crippen LogP contribution in [-0.2, 0) is 9.53 Å². The second kappa shape index (κ2) is 10.8. The number of cyclic esters (lactones) is 1. The normalized spacial score (nSPS) is 18.6. The lowest BCUT2D eigenvalue weighted by molar-refractivity contribution is -0.129. The van der Waals surface area contributed by atoms with Gasteiger partial charge in [0, 0.05) is 31.6 Å². The molecule has 1 N–H and O–H groups in total. The van der Waals surface area contributed by atoms with Gasteiger partial charge in [-0.15, -0.1) is 0 Å². The molecule has 0 spiro atoms. The highest BCUT2D eigenvalue weighted by Crippen LogP contribution is 2.29. The molecule has 186 valence electrons. The average Bonchev–Trinajstić information content (AvgIpc) is 3.06. The van der Waals surface area contributed by atoms with Gasteiger partial charge in [-0.25, -0.2) is 23.4 Å². The average molecular weight is 490 g/mol. The highest BCUT2D eigenvalue weighted by atomic mass is 19.3. The predicted molar refractivity (Wildman–Crippen MR) is 122 cm³/mol. The summed E-state index contributed by atoms with van der Waals surface area (Å²) in [6.07, 6.45) is -4.92. The predicted octanol–water partition coefficient (Wildman–Crippen LogP) is 3.23. The summed E-state index contributed by atoms with van der Waals surface area (Å²) in [5, 5.41) is 1.51. The molecule has 2 heterocycles. The molecule has 0 radical (unpaired) electrons. The number of rotatable bonds is 7. The minimum atomic E-state index is -3.05. The molecule has 2 aliphatic rings. The van der Waals surface area contributed by atoms with Gasteiger partial charge in [-0.05, 0) is 36.8 Å². The Morgan fingerprint density at radius 2 is 1.86 bits per heavy atom. The van der Waals surface area contributed by atoms with Crippen LogP contribution in [0.5, 0.6) is 0 Å². The van der Waals surface area contributed by atoms with Gasteiger partial charge in [0.15, 0.2) is 5.78 Å². The fourth-order valence-corrected chi connectivity index (χ4v) is 4.10. The summed E-state index contributed by atoms with van der Waals surface area (Å²) in [7, 11) is 0. The molecule has 2 aromatic rings. The van der Waals surface area contributed by atoms with Crippen molar-refractivity contribution in [3.63, 3.8) is 0 Å². The number of Topliss-reactive ketones (excluding diaryl/α,β-unsaturated/α-hetero) is 1. The molecule has 2 fully saturated rings. The van der Waals surface area contributed by atoms with Crippen molar-refractivity contribution in [3.8, 4) is 0 Å². The maximum Gasteiger partial charge on any atom is 0.414 e. The maximum atomic E-state index is 15.1. The van der Waals surface area contributed by atoms with Gasteiger partial charge in [0.2, 0.25) is 0 Å². The lowest BCUT2D eigenvalue weighted by Crippen LogP contribution is -2.43. The zero-order valence-electron chi connectivity index (χ0n) is 18.8. The molecular weight excluding hydrogens is 465 g/mol. The minimum absolute atomic E-state index is 0.0229. The van der Waals surface area contributed by atoms with Gasteiger partial charge in [-0.1, -0.05) is 18.2 Å². The van der Waals surface area contributed by atoms with Crippen LogP contribution in [0.25, 0.3) is 0 Å². The molecule has 2 saturated heterocycles. The molecule has 2 amide bonds. The van der Waals surface area contributed by atoms with E-state index >= 15 is 4.39 Å². The van der Waals surface area contributed by atoms with Crippen molar-refractivity contribution in [2.75, 3.05) is 42.5 Å². The Kier molecular flexibility index (Phi) is 7.54. The summed E-state index contributed by atoms with van der Waals surface area (Å²) >= 11 is 0. The summed E-state index contributed by atoms with van der Waals surface area (Å²) in [5.74, 6) is -1.92.